The molecular formula is C11H10F4N2O3. The first-order valence-corrected chi connectivity index (χ1v) is 5.35. The number of benzene rings is 1. The van der Waals surface area contributed by atoms with E-state index in [-0.39, 0.29) is 12.7 Å². The summed E-state index contributed by atoms with van der Waals surface area (Å²) >= 11 is 0. The fourth-order valence-electron chi connectivity index (χ4n) is 1.22. The molecule has 1 atom stereocenters. The minimum Gasteiger partial charge on any atom is -0.464 e. The van der Waals surface area contributed by atoms with Crippen molar-refractivity contribution >= 4 is 17.6 Å². The summed E-state index contributed by atoms with van der Waals surface area (Å²) in [6, 6.07) is -1.91. The van der Waals surface area contributed by atoms with Crippen LogP contribution in [-0.2, 0) is 14.3 Å². The van der Waals surface area contributed by atoms with E-state index in [1.54, 1.807) is 0 Å². The van der Waals surface area contributed by atoms with Gasteiger partial charge >= 0.3 is 5.97 Å². The van der Waals surface area contributed by atoms with Gasteiger partial charge in [-0.05, 0) is 6.92 Å². The first kappa shape index (κ1) is 15.9. The summed E-state index contributed by atoms with van der Waals surface area (Å²) in [4.78, 5) is 22.6. The minimum absolute atomic E-state index is 0.0222. The second-order valence-electron chi connectivity index (χ2n) is 3.56. The lowest BCUT2D eigenvalue weighted by Crippen LogP contribution is -2.43. The topological polar surface area (TPSA) is 81.4 Å². The zero-order chi connectivity index (χ0) is 15.4. The Morgan fingerprint density at radius 2 is 1.75 bits per heavy atom. The molecule has 1 aromatic rings. The molecule has 0 fully saturated rings. The molecule has 0 saturated heterocycles. The summed E-state index contributed by atoms with van der Waals surface area (Å²) in [5.41, 5.74) is 3.78. The van der Waals surface area contributed by atoms with Gasteiger partial charge in [0.1, 0.15) is 5.69 Å². The highest BCUT2D eigenvalue weighted by molar-refractivity contribution is 6.08. The van der Waals surface area contributed by atoms with Crippen molar-refractivity contribution in [1.82, 2.24) is 0 Å². The zero-order valence-electron chi connectivity index (χ0n) is 10.2. The smallest absolute Gasteiger partial charge is 0.332 e. The molecule has 0 heterocycles. The third kappa shape index (κ3) is 3.23. The number of hydrogen-bond acceptors (Lipinski definition) is 4. The number of esters is 1. The number of amides is 1. The zero-order valence-corrected chi connectivity index (χ0v) is 10.2. The number of carbonyl (C=O) groups is 2. The average Bonchev–Trinajstić information content (AvgIpc) is 2.40. The molecule has 9 heteroatoms. The molecule has 0 aliphatic heterocycles. The number of nitrogens with one attached hydrogen (secondary N) is 1. The average molecular weight is 294 g/mol. The van der Waals surface area contributed by atoms with Crippen LogP contribution in [0, 0.1) is 23.3 Å². The van der Waals surface area contributed by atoms with E-state index in [2.05, 4.69) is 4.74 Å². The summed E-state index contributed by atoms with van der Waals surface area (Å²) in [5, 5.41) is 1.50. The molecule has 1 amide bonds. The Morgan fingerprint density at radius 1 is 1.25 bits per heavy atom. The van der Waals surface area contributed by atoms with Crippen molar-refractivity contribution in [2.75, 3.05) is 11.9 Å². The van der Waals surface area contributed by atoms with E-state index in [9.17, 15) is 27.2 Å². The summed E-state index contributed by atoms with van der Waals surface area (Å²) < 4.78 is 56.7. The van der Waals surface area contributed by atoms with Crippen molar-refractivity contribution < 1.29 is 31.9 Å². The van der Waals surface area contributed by atoms with E-state index in [0.717, 1.165) is 0 Å². The molecule has 3 N–H and O–H groups in total. The van der Waals surface area contributed by atoms with Crippen LogP contribution in [0.4, 0.5) is 23.2 Å². The van der Waals surface area contributed by atoms with Gasteiger partial charge < -0.3 is 15.8 Å². The van der Waals surface area contributed by atoms with Gasteiger partial charge in [-0.3, -0.25) is 4.79 Å². The first-order chi connectivity index (χ1) is 9.29. The Labute approximate surface area is 110 Å². The van der Waals surface area contributed by atoms with Crippen LogP contribution >= 0.6 is 0 Å². The monoisotopic (exact) mass is 294 g/mol. The maximum Gasteiger partial charge on any atom is 0.332 e. The highest BCUT2D eigenvalue weighted by Crippen LogP contribution is 2.24. The second-order valence-corrected chi connectivity index (χ2v) is 3.56. The number of ether oxygens (including phenoxy) is 1. The second kappa shape index (κ2) is 6.33. The van der Waals surface area contributed by atoms with Gasteiger partial charge in [0.15, 0.2) is 29.3 Å². The normalized spacial score (nSPS) is 11.9. The van der Waals surface area contributed by atoms with Crippen LogP contribution < -0.4 is 11.1 Å². The number of nitrogens with two attached hydrogens (primary N) is 1. The Bertz CT molecular complexity index is 525. The molecule has 0 saturated carbocycles. The molecule has 1 unspecified atom stereocenters. The third-order valence-corrected chi connectivity index (χ3v) is 2.18. The quantitative estimate of drug-likeness (QED) is 0.377. The summed E-state index contributed by atoms with van der Waals surface area (Å²) in [6.07, 6.45) is 0. The van der Waals surface area contributed by atoms with Gasteiger partial charge in [0.05, 0.1) is 6.61 Å². The molecule has 5 nitrogen and oxygen atoms in total. The summed E-state index contributed by atoms with van der Waals surface area (Å²) in [5.74, 6) is -9.55. The van der Waals surface area contributed by atoms with Gasteiger partial charge in [-0.2, -0.15) is 0 Å². The van der Waals surface area contributed by atoms with Crippen LogP contribution in [0.1, 0.15) is 6.92 Å². The van der Waals surface area contributed by atoms with Crippen molar-refractivity contribution in [3.05, 3.63) is 29.3 Å². The third-order valence-electron chi connectivity index (χ3n) is 2.18. The fourth-order valence-corrected chi connectivity index (χ4v) is 1.22. The molecule has 1 rings (SSSR count). The van der Waals surface area contributed by atoms with E-state index in [1.165, 1.54) is 12.2 Å². The van der Waals surface area contributed by atoms with E-state index in [4.69, 9.17) is 5.73 Å². The minimum atomic E-state index is -1.89. The van der Waals surface area contributed by atoms with Crippen molar-refractivity contribution in [2.45, 2.75) is 13.0 Å². The maximum absolute atomic E-state index is 13.3. The molecule has 0 aromatic heterocycles. The Balaban J connectivity index is 2.99. The number of halogens is 4. The van der Waals surface area contributed by atoms with Gasteiger partial charge in [-0.15, -0.1) is 0 Å². The van der Waals surface area contributed by atoms with Gasteiger partial charge in [0.2, 0.25) is 0 Å². The highest BCUT2D eigenvalue weighted by atomic mass is 19.2. The number of hydrogen-bond donors (Lipinski definition) is 2. The fraction of sp³-hybridized carbons (Fsp3) is 0.273. The lowest BCUT2D eigenvalue weighted by atomic mass is 10.2. The van der Waals surface area contributed by atoms with Crippen LogP contribution in [0.3, 0.4) is 0 Å². The van der Waals surface area contributed by atoms with E-state index >= 15 is 0 Å². The van der Waals surface area contributed by atoms with Gasteiger partial charge in [0, 0.05) is 6.07 Å². The van der Waals surface area contributed by atoms with Crippen LogP contribution in [0.2, 0.25) is 0 Å². The van der Waals surface area contributed by atoms with E-state index in [0.29, 0.717) is 0 Å². The SMILES string of the molecule is CCOC(=O)C(N)C(=O)Nc1c(F)c(F)cc(F)c1F. The predicted molar refractivity (Wildman–Crippen MR) is 59.5 cm³/mol. The Hall–Kier alpha value is -2.16. The molecule has 0 aliphatic carbocycles. The molecular weight excluding hydrogens is 284 g/mol. The van der Waals surface area contributed by atoms with Crippen LogP contribution in [0.5, 0.6) is 0 Å². The van der Waals surface area contributed by atoms with Crippen molar-refractivity contribution in [3.63, 3.8) is 0 Å². The lowest BCUT2D eigenvalue weighted by molar-refractivity contribution is -0.146. The van der Waals surface area contributed by atoms with Crippen LogP contribution in [0.25, 0.3) is 0 Å². The van der Waals surface area contributed by atoms with Crippen molar-refractivity contribution in [2.24, 2.45) is 5.73 Å². The van der Waals surface area contributed by atoms with Gasteiger partial charge in [-0.25, -0.2) is 22.4 Å². The highest BCUT2D eigenvalue weighted by Gasteiger charge is 2.27. The largest absolute Gasteiger partial charge is 0.464 e. The van der Waals surface area contributed by atoms with Crippen molar-refractivity contribution in [1.29, 1.82) is 0 Å². The van der Waals surface area contributed by atoms with Gasteiger partial charge in [0.25, 0.3) is 5.91 Å². The number of anilines is 1. The summed E-state index contributed by atoms with van der Waals surface area (Å²) in [7, 11) is 0. The standard InChI is InChI=1S/C11H10F4N2O3/c1-2-20-11(19)8(16)10(18)17-9-6(14)4(12)3-5(13)7(9)15/h3,8H,2,16H2,1H3,(H,17,18). The molecule has 0 radical (unpaired) electrons. The van der Waals surface area contributed by atoms with E-state index in [1.807, 2.05) is 0 Å². The van der Waals surface area contributed by atoms with E-state index < -0.39 is 46.9 Å². The number of rotatable bonds is 4. The molecule has 110 valence electrons. The molecule has 0 bridgehead atoms. The van der Waals surface area contributed by atoms with Crippen LogP contribution in [-0.4, -0.2) is 24.5 Å². The molecule has 1 aromatic carbocycles. The Morgan fingerprint density at radius 3 is 2.20 bits per heavy atom. The summed E-state index contributed by atoms with van der Waals surface area (Å²) in [6.45, 7) is 1.38. The van der Waals surface area contributed by atoms with Gasteiger partial charge in [-0.1, -0.05) is 0 Å². The molecule has 20 heavy (non-hydrogen) atoms. The number of carbonyl (C=O) groups excluding carboxylic acids is 2. The first-order valence-electron chi connectivity index (χ1n) is 5.35. The lowest BCUT2D eigenvalue weighted by Gasteiger charge is -2.12. The molecule has 0 spiro atoms. The maximum atomic E-state index is 13.3. The predicted octanol–water partition coefficient (Wildman–Crippen LogP) is 1.07. The van der Waals surface area contributed by atoms with Crippen molar-refractivity contribution in [3.8, 4) is 0 Å². The molecule has 0 aliphatic rings. The van der Waals surface area contributed by atoms with Crippen LogP contribution in [0.15, 0.2) is 6.07 Å². The Kier molecular flexibility index (Phi) is 5.03.